The minimum atomic E-state index is 0.126. The number of pyridine rings is 1. The number of ketones is 1. The van der Waals surface area contributed by atoms with Gasteiger partial charge in [-0.15, -0.1) is 10.2 Å². The third-order valence-corrected chi connectivity index (χ3v) is 6.79. The Balaban J connectivity index is 1.38. The van der Waals surface area contributed by atoms with Crippen LogP contribution in [0, 0.1) is 0 Å². The maximum Gasteiger partial charge on any atom is 0.192 e. The Kier molecular flexibility index (Phi) is 6.12. The highest BCUT2D eigenvalue weighted by Crippen LogP contribution is 2.27. The summed E-state index contributed by atoms with van der Waals surface area (Å²) >= 11 is 1.44. The lowest BCUT2D eigenvalue weighted by Gasteiger charge is -2.16. The van der Waals surface area contributed by atoms with Crippen molar-refractivity contribution in [3.05, 3.63) is 95.3 Å². The summed E-state index contributed by atoms with van der Waals surface area (Å²) in [7, 11) is 0. The predicted octanol–water partition coefficient (Wildman–Crippen LogP) is 5.24. The van der Waals surface area contributed by atoms with Crippen LogP contribution in [-0.2, 0) is 19.4 Å². The molecular weight excluding hydrogens is 416 g/mol. The molecule has 0 unspecified atom stereocenters. The van der Waals surface area contributed by atoms with Gasteiger partial charge in [-0.3, -0.25) is 14.3 Å². The molecule has 0 amide bonds. The highest BCUT2D eigenvalue weighted by atomic mass is 32.2. The number of hydrogen-bond donors (Lipinski definition) is 0. The van der Waals surface area contributed by atoms with Gasteiger partial charge in [-0.2, -0.15) is 0 Å². The van der Waals surface area contributed by atoms with Crippen LogP contribution >= 0.6 is 11.8 Å². The lowest BCUT2D eigenvalue weighted by atomic mass is 9.90. The van der Waals surface area contributed by atoms with Gasteiger partial charge in [0, 0.05) is 23.5 Å². The van der Waals surface area contributed by atoms with E-state index in [0.29, 0.717) is 12.3 Å². The summed E-state index contributed by atoms with van der Waals surface area (Å²) in [5.74, 6) is 1.21. The maximum atomic E-state index is 13.0. The van der Waals surface area contributed by atoms with Crippen molar-refractivity contribution in [1.29, 1.82) is 0 Å². The van der Waals surface area contributed by atoms with Crippen molar-refractivity contribution in [3.63, 3.8) is 0 Å². The van der Waals surface area contributed by atoms with Crippen molar-refractivity contribution in [3.8, 4) is 11.4 Å². The van der Waals surface area contributed by atoms with E-state index in [1.807, 2.05) is 36.4 Å². The van der Waals surface area contributed by atoms with Crippen molar-refractivity contribution in [2.24, 2.45) is 0 Å². The van der Waals surface area contributed by atoms with E-state index in [4.69, 9.17) is 0 Å². The summed E-state index contributed by atoms with van der Waals surface area (Å²) in [6, 6.07) is 20.3. The standard InChI is InChI=1S/C26H24N4OS/c31-24(22-13-12-20-9-4-5-10-21(20)15-22)18-32-26-29-28-25(23-11-6-14-27-16-23)30(26)17-19-7-2-1-3-8-19/h1-3,6-8,11-16H,4-5,9-10,17-18H2. The first kappa shape index (κ1) is 20.6. The number of aromatic nitrogens is 4. The first-order valence-electron chi connectivity index (χ1n) is 10.9. The largest absolute Gasteiger partial charge is 0.297 e. The molecule has 0 saturated heterocycles. The fourth-order valence-electron chi connectivity index (χ4n) is 4.13. The molecule has 32 heavy (non-hydrogen) atoms. The van der Waals surface area contributed by atoms with Gasteiger partial charge in [0.25, 0.3) is 0 Å². The molecule has 0 bridgehead atoms. The van der Waals surface area contributed by atoms with Crippen LogP contribution < -0.4 is 0 Å². The molecule has 0 atom stereocenters. The van der Waals surface area contributed by atoms with Crippen LogP contribution in [0.15, 0.2) is 78.2 Å². The molecule has 1 aliphatic carbocycles. The Labute approximate surface area is 191 Å². The van der Waals surface area contributed by atoms with Crippen molar-refractivity contribution in [2.45, 2.75) is 37.4 Å². The topological polar surface area (TPSA) is 60.7 Å². The lowest BCUT2D eigenvalue weighted by Crippen LogP contribution is -2.09. The average Bonchev–Trinajstić information content (AvgIpc) is 3.25. The van der Waals surface area contributed by atoms with Gasteiger partial charge >= 0.3 is 0 Å². The predicted molar refractivity (Wildman–Crippen MR) is 127 cm³/mol. The fraction of sp³-hybridized carbons (Fsp3) is 0.231. The van der Waals surface area contributed by atoms with Gasteiger partial charge in [0.1, 0.15) is 0 Å². The van der Waals surface area contributed by atoms with Crippen LogP contribution in [0.25, 0.3) is 11.4 Å². The number of carbonyl (C=O) groups is 1. The van der Waals surface area contributed by atoms with Gasteiger partial charge in [0.2, 0.25) is 0 Å². The van der Waals surface area contributed by atoms with Gasteiger partial charge in [-0.1, -0.05) is 54.2 Å². The molecule has 5 nitrogen and oxygen atoms in total. The molecule has 1 aliphatic rings. The maximum absolute atomic E-state index is 13.0. The van der Waals surface area contributed by atoms with E-state index < -0.39 is 0 Å². The summed E-state index contributed by atoms with van der Waals surface area (Å²) in [4.78, 5) is 17.2. The van der Waals surface area contributed by atoms with Gasteiger partial charge in [-0.25, -0.2) is 0 Å². The van der Waals surface area contributed by atoms with Crippen LogP contribution in [0.2, 0.25) is 0 Å². The molecule has 5 rings (SSSR count). The molecule has 4 aromatic rings. The summed E-state index contributed by atoms with van der Waals surface area (Å²) in [5, 5.41) is 9.59. The highest BCUT2D eigenvalue weighted by Gasteiger charge is 2.18. The second-order valence-corrected chi connectivity index (χ2v) is 8.96. The number of aryl methyl sites for hydroxylation is 2. The Morgan fingerprint density at radius 3 is 2.59 bits per heavy atom. The summed E-state index contributed by atoms with van der Waals surface area (Å²) in [6.45, 7) is 0.632. The normalized spacial score (nSPS) is 13.0. The molecule has 2 heterocycles. The smallest absolute Gasteiger partial charge is 0.192 e. The number of rotatable bonds is 7. The van der Waals surface area contributed by atoms with Crippen LogP contribution in [0.1, 0.15) is 39.9 Å². The molecule has 6 heteroatoms. The van der Waals surface area contributed by atoms with E-state index in [-0.39, 0.29) is 5.78 Å². The van der Waals surface area contributed by atoms with Gasteiger partial charge < -0.3 is 0 Å². The number of benzene rings is 2. The van der Waals surface area contributed by atoms with E-state index in [1.165, 1.54) is 35.7 Å². The molecule has 0 radical (unpaired) electrons. The SMILES string of the molecule is O=C(CSc1nnc(-c2cccnc2)n1Cc1ccccc1)c1ccc2c(c1)CCCC2. The third kappa shape index (κ3) is 4.50. The van der Waals surface area contributed by atoms with E-state index in [0.717, 1.165) is 40.5 Å². The van der Waals surface area contributed by atoms with Crippen molar-refractivity contribution in [2.75, 3.05) is 5.75 Å². The lowest BCUT2D eigenvalue weighted by molar-refractivity contribution is 0.102. The summed E-state index contributed by atoms with van der Waals surface area (Å²) in [5.41, 5.74) is 5.58. The van der Waals surface area contributed by atoms with Gasteiger partial charge in [0.15, 0.2) is 16.8 Å². The summed E-state index contributed by atoms with van der Waals surface area (Å²) in [6.07, 6.45) is 8.18. The number of Topliss-reactive ketones (excluding diaryl/α,β-unsaturated/α-hetero) is 1. The minimum Gasteiger partial charge on any atom is -0.297 e. The zero-order valence-corrected chi connectivity index (χ0v) is 18.6. The Bertz CT molecular complexity index is 1220. The average molecular weight is 441 g/mol. The van der Waals surface area contributed by atoms with Crippen molar-refractivity contribution in [1.82, 2.24) is 19.7 Å². The molecule has 2 aromatic carbocycles. The zero-order chi connectivity index (χ0) is 21.8. The molecule has 0 aliphatic heterocycles. The number of hydrogen-bond acceptors (Lipinski definition) is 5. The minimum absolute atomic E-state index is 0.126. The first-order chi connectivity index (χ1) is 15.8. The molecule has 0 saturated carbocycles. The Morgan fingerprint density at radius 1 is 0.938 bits per heavy atom. The van der Waals surface area contributed by atoms with Crippen LogP contribution in [0.4, 0.5) is 0 Å². The Morgan fingerprint density at radius 2 is 1.78 bits per heavy atom. The molecular formula is C26H24N4OS. The number of fused-ring (bicyclic) bond motifs is 1. The van der Waals surface area contributed by atoms with Crippen LogP contribution in [-0.4, -0.2) is 31.3 Å². The van der Waals surface area contributed by atoms with E-state index >= 15 is 0 Å². The number of carbonyl (C=O) groups excluding carboxylic acids is 1. The molecule has 0 N–H and O–H groups in total. The number of nitrogens with zero attached hydrogens (tertiary/aromatic N) is 4. The first-order valence-corrected chi connectivity index (χ1v) is 11.9. The molecule has 0 fully saturated rings. The fourth-order valence-corrected chi connectivity index (χ4v) is 4.97. The molecule has 2 aromatic heterocycles. The summed E-state index contributed by atoms with van der Waals surface area (Å²) < 4.78 is 2.07. The quantitative estimate of drug-likeness (QED) is 0.290. The van der Waals surface area contributed by atoms with Gasteiger partial charge in [-0.05, 0) is 60.6 Å². The van der Waals surface area contributed by atoms with E-state index in [9.17, 15) is 4.79 Å². The van der Waals surface area contributed by atoms with Crippen molar-refractivity contribution < 1.29 is 4.79 Å². The van der Waals surface area contributed by atoms with Crippen LogP contribution in [0.3, 0.4) is 0 Å². The number of thioether (sulfide) groups is 1. The zero-order valence-electron chi connectivity index (χ0n) is 17.8. The van der Waals surface area contributed by atoms with Gasteiger partial charge in [0.05, 0.1) is 12.3 Å². The molecule has 0 spiro atoms. The second kappa shape index (κ2) is 9.49. The van der Waals surface area contributed by atoms with Crippen LogP contribution in [0.5, 0.6) is 0 Å². The third-order valence-electron chi connectivity index (χ3n) is 5.82. The van der Waals surface area contributed by atoms with Crippen molar-refractivity contribution >= 4 is 17.5 Å². The molecule has 160 valence electrons. The van der Waals surface area contributed by atoms with E-state index in [2.05, 4.69) is 44.0 Å². The second-order valence-electron chi connectivity index (χ2n) is 8.02. The Hall–Kier alpha value is -3.25. The highest BCUT2D eigenvalue weighted by molar-refractivity contribution is 7.99. The monoisotopic (exact) mass is 440 g/mol. The van der Waals surface area contributed by atoms with E-state index in [1.54, 1.807) is 12.4 Å².